The number of carbonyl (C=O) groups is 1. The highest BCUT2D eigenvalue weighted by molar-refractivity contribution is 6.32. The van der Waals surface area contributed by atoms with Gasteiger partial charge in [0.15, 0.2) is 0 Å². The van der Waals surface area contributed by atoms with Crippen LogP contribution in [0, 0.1) is 0 Å². The van der Waals surface area contributed by atoms with Crippen molar-refractivity contribution in [1.29, 1.82) is 0 Å². The van der Waals surface area contributed by atoms with Gasteiger partial charge in [0.05, 0.1) is 11.6 Å². The van der Waals surface area contributed by atoms with Crippen molar-refractivity contribution < 1.29 is 9.53 Å². The van der Waals surface area contributed by atoms with Crippen LogP contribution in [0.4, 0.5) is 5.69 Å². The molecule has 0 aromatic heterocycles. The second-order valence-electron chi connectivity index (χ2n) is 3.85. The van der Waals surface area contributed by atoms with Gasteiger partial charge in [-0.1, -0.05) is 11.6 Å². The number of nitrogens with one attached hydrogen (secondary N) is 1. The smallest absolute Gasteiger partial charge is 0.227 e. The van der Waals surface area contributed by atoms with E-state index in [9.17, 15) is 4.79 Å². The number of amides is 1. The maximum absolute atomic E-state index is 11.8. The third-order valence-corrected chi connectivity index (χ3v) is 2.86. The summed E-state index contributed by atoms with van der Waals surface area (Å²) in [6.07, 6.45) is 0.456. The average Bonchev–Trinajstić information content (AvgIpc) is 2.37. The van der Waals surface area contributed by atoms with E-state index in [0.29, 0.717) is 30.3 Å². The quantitative estimate of drug-likeness (QED) is 0.863. The van der Waals surface area contributed by atoms with Crippen LogP contribution in [0.1, 0.15) is 13.3 Å². The Morgan fingerprint density at radius 2 is 2.22 bits per heavy atom. The van der Waals surface area contributed by atoms with Crippen LogP contribution in [-0.2, 0) is 4.79 Å². The van der Waals surface area contributed by atoms with Crippen molar-refractivity contribution in [1.82, 2.24) is 5.32 Å². The zero-order chi connectivity index (χ0) is 13.5. The Kier molecular flexibility index (Phi) is 5.95. The van der Waals surface area contributed by atoms with E-state index in [1.54, 1.807) is 24.1 Å². The topological polar surface area (TPSA) is 41.6 Å². The monoisotopic (exact) mass is 270 g/mol. The molecule has 0 fully saturated rings. The Morgan fingerprint density at radius 1 is 1.50 bits per heavy atom. The van der Waals surface area contributed by atoms with Crippen LogP contribution >= 0.6 is 11.6 Å². The zero-order valence-electron chi connectivity index (χ0n) is 11.0. The molecule has 1 amide bonds. The van der Waals surface area contributed by atoms with Gasteiger partial charge in [0, 0.05) is 25.7 Å². The molecule has 100 valence electrons. The minimum atomic E-state index is 0.0459. The maximum Gasteiger partial charge on any atom is 0.227 e. The fourth-order valence-corrected chi connectivity index (χ4v) is 1.74. The molecule has 0 spiro atoms. The van der Waals surface area contributed by atoms with Gasteiger partial charge in [0.25, 0.3) is 0 Å². The number of halogens is 1. The van der Waals surface area contributed by atoms with E-state index in [4.69, 9.17) is 16.3 Å². The molecule has 18 heavy (non-hydrogen) atoms. The fourth-order valence-electron chi connectivity index (χ4n) is 1.51. The van der Waals surface area contributed by atoms with Crippen molar-refractivity contribution in [3.63, 3.8) is 0 Å². The van der Waals surface area contributed by atoms with Gasteiger partial charge in [-0.05, 0) is 32.2 Å². The van der Waals surface area contributed by atoms with Crippen LogP contribution in [0.5, 0.6) is 5.75 Å². The van der Waals surface area contributed by atoms with Crippen molar-refractivity contribution >= 4 is 23.2 Å². The number of anilines is 1. The van der Waals surface area contributed by atoms with Crippen molar-refractivity contribution in [3.05, 3.63) is 23.2 Å². The Hall–Kier alpha value is -1.26. The van der Waals surface area contributed by atoms with Crippen LogP contribution in [-0.4, -0.2) is 33.2 Å². The molecule has 0 aliphatic rings. The molecule has 0 aliphatic heterocycles. The molecular weight excluding hydrogens is 252 g/mol. The lowest BCUT2D eigenvalue weighted by Gasteiger charge is -2.18. The van der Waals surface area contributed by atoms with Crippen molar-refractivity contribution in [2.75, 3.05) is 32.1 Å². The standard InChI is InChI=1S/C13H19ClN2O2/c1-4-18-12-6-5-10(9-11(12)14)16(3)13(17)7-8-15-2/h5-6,9,15H,4,7-8H2,1-3H3. The van der Waals surface area contributed by atoms with Gasteiger partial charge in [-0.3, -0.25) is 4.79 Å². The van der Waals surface area contributed by atoms with Crippen molar-refractivity contribution in [2.45, 2.75) is 13.3 Å². The third-order valence-electron chi connectivity index (χ3n) is 2.57. The number of hydrogen-bond acceptors (Lipinski definition) is 3. The van der Waals surface area contributed by atoms with Crippen LogP contribution < -0.4 is 15.0 Å². The van der Waals surface area contributed by atoms with Gasteiger partial charge in [0.1, 0.15) is 5.75 Å². The molecule has 1 aromatic carbocycles. The Morgan fingerprint density at radius 3 is 2.78 bits per heavy atom. The molecule has 0 heterocycles. The molecular formula is C13H19ClN2O2. The summed E-state index contributed by atoms with van der Waals surface area (Å²) in [5.41, 5.74) is 0.768. The first kappa shape index (κ1) is 14.8. The second-order valence-corrected chi connectivity index (χ2v) is 4.26. The van der Waals surface area contributed by atoms with Gasteiger partial charge >= 0.3 is 0 Å². The van der Waals surface area contributed by atoms with Gasteiger partial charge in [-0.15, -0.1) is 0 Å². The number of carbonyl (C=O) groups excluding carboxylic acids is 1. The van der Waals surface area contributed by atoms with Gasteiger partial charge in [-0.2, -0.15) is 0 Å². The van der Waals surface area contributed by atoms with Gasteiger partial charge < -0.3 is 15.0 Å². The summed E-state index contributed by atoms with van der Waals surface area (Å²) in [7, 11) is 3.56. The highest BCUT2D eigenvalue weighted by Gasteiger charge is 2.12. The Labute approximate surface area is 113 Å². The lowest BCUT2D eigenvalue weighted by molar-refractivity contribution is -0.118. The van der Waals surface area contributed by atoms with Crippen LogP contribution in [0.25, 0.3) is 0 Å². The van der Waals surface area contributed by atoms with Crippen molar-refractivity contribution in [2.24, 2.45) is 0 Å². The van der Waals surface area contributed by atoms with Crippen molar-refractivity contribution in [3.8, 4) is 5.75 Å². The molecule has 0 bridgehead atoms. The van der Waals surface area contributed by atoms with E-state index >= 15 is 0 Å². The minimum Gasteiger partial charge on any atom is -0.492 e. The number of hydrogen-bond donors (Lipinski definition) is 1. The summed E-state index contributed by atoms with van der Waals surface area (Å²) in [6, 6.07) is 5.35. The summed E-state index contributed by atoms with van der Waals surface area (Å²) in [6.45, 7) is 3.13. The predicted molar refractivity (Wildman–Crippen MR) is 74.6 cm³/mol. The molecule has 0 saturated carbocycles. The highest BCUT2D eigenvalue weighted by Crippen LogP contribution is 2.29. The molecule has 0 unspecified atom stereocenters. The number of ether oxygens (including phenoxy) is 1. The van der Waals surface area contributed by atoms with E-state index in [1.165, 1.54) is 0 Å². The highest BCUT2D eigenvalue weighted by atomic mass is 35.5. The fraction of sp³-hybridized carbons (Fsp3) is 0.462. The first-order valence-corrected chi connectivity index (χ1v) is 6.31. The summed E-state index contributed by atoms with van der Waals surface area (Å²) >= 11 is 6.09. The normalized spacial score (nSPS) is 10.2. The molecule has 4 nitrogen and oxygen atoms in total. The Bertz CT molecular complexity index is 410. The second kappa shape index (κ2) is 7.24. The average molecular weight is 271 g/mol. The molecule has 0 aliphatic carbocycles. The maximum atomic E-state index is 11.8. The number of benzene rings is 1. The van der Waals surface area contributed by atoms with E-state index in [1.807, 2.05) is 20.0 Å². The zero-order valence-corrected chi connectivity index (χ0v) is 11.8. The molecule has 1 aromatic rings. The summed E-state index contributed by atoms with van der Waals surface area (Å²) in [5.74, 6) is 0.684. The van der Waals surface area contributed by atoms with Crippen LogP contribution in [0.15, 0.2) is 18.2 Å². The largest absolute Gasteiger partial charge is 0.492 e. The minimum absolute atomic E-state index is 0.0459. The molecule has 1 rings (SSSR count). The van der Waals surface area contributed by atoms with Gasteiger partial charge in [0.2, 0.25) is 5.91 Å². The summed E-state index contributed by atoms with van der Waals surface area (Å²) in [4.78, 5) is 13.4. The predicted octanol–water partition coefficient (Wildman–Crippen LogP) is 2.31. The summed E-state index contributed by atoms with van der Waals surface area (Å²) in [5, 5.41) is 3.46. The van der Waals surface area contributed by atoms with Crippen LogP contribution in [0.3, 0.4) is 0 Å². The molecule has 0 radical (unpaired) electrons. The first-order valence-electron chi connectivity index (χ1n) is 5.93. The first-order chi connectivity index (χ1) is 8.60. The summed E-state index contributed by atoms with van der Waals surface area (Å²) < 4.78 is 5.35. The molecule has 0 atom stereocenters. The third kappa shape index (κ3) is 3.89. The van der Waals surface area contributed by atoms with E-state index in [0.717, 1.165) is 5.69 Å². The van der Waals surface area contributed by atoms with E-state index in [2.05, 4.69) is 5.32 Å². The molecule has 0 saturated heterocycles. The number of nitrogens with zero attached hydrogens (tertiary/aromatic N) is 1. The number of rotatable bonds is 6. The van der Waals surface area contributed by atoms with Gasteiger partial charge in [-0.25, -0.2) is 0 Å². The van der Waals surface area contributed by atoms with E-state index < -0.39 is 0 Å². The lowest BCUT2D eigenvalue weighted by Crippen LogP contribution is -2.28. The SMILES string of the molecule is CCOc1ccc(N(C)C(=O)CCNC)cc1Cl. The van der Waals surface area contributed by atoms with E-state index in [-0.39, 0.29) is 5.91 Å². The molecule has 1 N–H and O–H groups in total. The lowest BCUT2D eigenvalue weighted by atomic mass is 10.2. The Balaban J connectivity index is 2.77. The molecule has 5 heteroatoms. The van der Waals surface area contributed by atoms with Crippen LogP contribution in [0.2, 0.25) is 5.02 Å².